The Kier molecular flexibility index (Phi) is 5.05. The number of amides is 3. The summed E-state index contributed by atoms with van der Waals surface area (Å²) in [6, 6.07) is 15.0. The fraction of sp³-hybridized carbons (Fsp3) is 0.292. The first-order chi connectivity index (χ1) is 15.5. The molecule has 32 heavy (non-hydrogen) atoms. The van der Waals surface area contributed by atoms with Gasteiger partial charge in [-0.15, -0.1) is 0 Å². The predicted molar refractivity (Wildman–Crippen MR) is 119 cm³/mol. The molecule has 3 aromatic rings. The van der Waals surface area contributed by atoms with Crippen molar-refractivity contribution in [3.8, 4) is 5.75 Å². The van der Waals surface area contributed by atoms with Crippen LogP contribution < -0.4 is 9.64 Å². The van der Waals surface area contributed by atoms with E-state index in [9.17, 15) is 14.4 Å². The highest BCUT2D eigenvalue weighted by Crippen LogP contribution is 2.31. The number of rotatable bonds is 4. The molecular formula is C24H24N4O4. The molecule has 0 aliphatic carbocycles. The SMILES string of the molecule is Cc1[nH]c2ccccc2c1CC(=O)N1CCCN1C(=O)CN1C(=O)COc2ccccc21. The molecule has 3 amide bonds. The minimum absolute atomic E-state index is 0.104. The third-order valence-corrected chi connectivity index (χ3v) is 6.06. The van der Waals surface area contributed by atoms with Crippen LogP contribution in [0, 0.1) is 6.92 Å². The highest BCUT2D eigenvalue weighted by molar-refractivity contribution is 6.02. The van der Waals surface area contributed by atoms with Gasteiger partial charge >= 0.3 is 0 Å². The Hall–Kier alpha value is -3.81. The number of aromatic amines is 1. The third kappa shape index (κ3) is 3.47. The van der Waals surface area contributed by atoms with Crippen LogP contribution in [-0.2, 0) is 20.8 Å². The number of para-hydroxylation sites is 3. The standard InChI is InChI=1S/C24H24N4O4/c1-16-18(17-7-2-3-8-19(17)25-16)13-22(29)27-11-6-12-28(27)23(30)14-26-20-9-4-5-10-21(20)32-15-24(26)31/h2-5,7-10,25H,6,11-15H2,1H3. The molecule has 2 aliphatic rings. The van der Waals surface area contributed by atoms with E-state index in [1.165, 1.54) is 14.9 Å². The van der Waals surface area contributed by atoms with Gasteiger partial charge in [0.2, 0.25) is 5.91 Å². The van der Waals surface area contributed by atoms with Crippen LogP contribution in [0.2, 0.25) is 0 Å². The van der Waals surface area contributed by atoms with E-state index in [-0.39, 0.29) is 37.3 Å². The van der Waals surface area contributed by atoms with Crippen LogP contribution >= 0.6 is 0 Å². The highest BCUT2D eigenvalue weighted by Gasteiger charge is 2.34. The summed E-state index contributed by atoms with van der Waals surface area (Å²) >= 11 is 0. The number of aromatic nitrogens is 1. The van der Waals surface area contributed by atoms with Gasteiger partial charge in [-0.1, -0.05) is 30.3 Å². The molecule has 8 nitrogen and oxygen atoms in total. The molecule has 0 unspecified atom stereocenters. The van der Waals surface area contributed by atoms with E-state index in [0.29, 0.717) is 30.9 Å². The van der Waals surface area contributed by atoms with E-state index in [4.69, 9.17) is 4.74 Å². The van der Waals surface area contributed by atoms with E-state index in [0.717, 1.165) is 22.2 Å². The zero-order valence-corrected chi connectivity index (χ0v) is 17.8. The summed E-state index contributed by atoms with van der Waals surface area (Å²) in [5, 5.41) is 4.03. The number of fused-ring (bicyclic) bond motifs is 2. The molecule has 0 atom stereocenters. The van der Waals surface area contributed by atoms with Crippen molar-refractivity contribution in [1.82, 2.24) is 15.0 Å². The number of hydrazine groups is 1. The zero-order valence-electron chi connectivity index (χ0n) is 17.8. The Morgan fingerprint density at radius 3 is 2.56 bits per heavy atom. The first-order valence-corrected chi connectivity index (χ1v) is 10.7. The minimum Gasteiger partial charge on any atom is -0.482 e. The minimum atomic E-state index is -0.281. The summed E-state index contributed by atoms with van der Waals surface area (Å²) in [7, 11) is 0. The number of benzene rings is 2. The van der Waals surface area contributed by atoms with E-state index in [2.05, 4.69) is 4.98 Å². The molecule has 2 aromatic carbocycles. The number of carbonyl (C=O) groups is 3. The highest BCUT2D eigenvalue weighted by atomic mass is 16.5. The molecule has 0 bridgehead atoms. The summed E-state index contributed by atoms with van der Waals surface area (Å²) in [6.07, 6.45) is 0.914. The second-order valence-corrected chi connectivity index (χ2v) is 8.07. The van der Waals surface area contributed by atoms with Crippen molar-refractivity contribution < 1.29 is 19.1 Å². The number of nitrogens with one attached hydrogen (secondary N) is 1. The maximum absolute atomic E-state index is 13.2. The van der Waals surface area contributed by atoms with Gasteiger partial charge in [0, 0.05) is 29.7 Å². The van der Waals surface area contributed by atoms with Crippen molar-refractivity contribution in [1.29, 1.82) is 0 Å². The number of H-pyrrole nitrogens is 1. The van der Waals surface area contributed by atoms with E-state index >= 15 is 0 Å². The lowest BCUT2D eigenvalue weighted by Gasteiger charge is -2.33. The lowest BCUT2D eigenvalue weighted by molar-refractivity contribution is -0.156. The number of carbonyl (C=O) groups excluding carboxylic acids is 3. The van der Waals surface area contributed by atoms with Crippen LogP contribution in [0.4, 0.5) is 5.69 Å². The van der Waals surface area contributed by atoms with Gasteiger partial charge in [-0.3, -0.25) is 24.3 Å². The molecule has 2 aliphatic heterocycles. The monoisotopic (exact) mass is 432 g/mol. The quantitative estimate of drug-likeness (QED) is 0.686. The zero-order chi connectivity index (χ0) is 22.2. The molecule has 5 rings (SSSR count). The van der Waals surface area contributed by atoms with Crippen molar-refractivity contribution >= 4 is 34.3 Å². The van der Waals surface area contributed by atoms with Gasteiger partial charge in [0.05, 0.1) is 12.1 Å². The van der Waals surface area contributed by atoms with Gasteiger partial charge in [-0.2, -0.15) is 0 Å². The molecule has 8 heteroatoms. The molecular weight excluding hydrogens is 408 g/mol. The number of nitrogens with zero attached hydrogens (tertiary/aromatic N) is 3. The Morgan fingerprint density at radius 2 is 1.72 bits per heavy atom. The molecule has 1 fully saturated rings. The normalized spacial score (nSPS) is 15.8. The van der Waals surface area contributed by atoms with Gasteiger partial charge in [0.1, 0.15) is 12.3 Å². The summed E-state index contributed by atoms with van der Waals surface area (Å²) in [6.45, 7) is 2.66. The number of hydrogen-bond donors (Lipinski definition) is 1. The first-order valence-electron chi connectivity index (χ1n) is 10.7. The number of aryl methyl sites for hydroxylation is 1. The third-order valence-electron chi connectivity index (χ3n) is 6.06. The molecule has 1 N–H and O–H groups in total. The predicted octanol–water partition coefficient (Wildman–Crippen LogP) is 2.42. The fourth-order valence-corrected chi connectivity index (χ4v) is 4.48. The van der Waals surface area contributed by atoms with Gasteiger partial charge in [0.25, 0.3) is 11.8 Å². The van der Waals surface area contributed by atoms with Crippen molar-refractivity contribution in [2.45, 2.75) is 19.8 Å². The first kappa shape index (κ1) is 20.1. The molecule has 0 radical (unpaired) electrons. The molecule has 1 saturated heterocycles. The molecule has 164 valence electrons. The number of ether oxygens (including phenoxy) is 1. The van der Waals surface area contributed by atoms with Crippen molar-refractivity contribution in [2.24, 2.45) is 0 Å². The second kappa shape index (κ2) is 8.03. The van der Waals surface area contributed by atoms with Gasteiger partial charge in [-0.25, -0.2) is 5.01 Å². The van der Waals surface area contributed by atoms with E-state index in [1.54, 1.807) is 18.2 Å². The van der Waals surface area contributed by atoms with Crippen LogP contribution in [0.5, 0.6) is 5.75 Å². The van der Waals surface area contributed by atoms with E-state index < -0.39 is 0 Å². The van der Waals surface area contributed by atoms with Gasteiger partial charge < -0.3 is 9.72 Å². The van der Waals surface area contributed by atoms with Gasteiger partial charge in [0.15, 0.2) is 6.61 Å². The Morgan fingerprint density at radius 1 is 1.00 bits per heavy atom. The summed E-state index contributed by atoms with van der Waals surface area (Å²) in [5.41, 5.74) is 3.46. The summed E-state index contributed by atoms with van der Waals surface area (Å²) < 4.78 is 5.45. The Labute approximate surface area is 185 Å². The van der Waals surface area contributed by atoms with Crippen LogP contribution in [-0.4, -0.2) is 59.0 Å². The lowest BCUT2D eigenvalue weighted by atomic mass is 10.1. The second-order valence-electron chi connectivity index (χ2n) is 8.07. The Bertz CT molecular complexity index is 1220. The number of hydrogen-bond acceptors (Lipinski definition) is 4. The maximum Gasteiger partial charge on any atom is 0.265 e. The van der Waals surface area contributed by atoms with E-state index in [1.807, 2.05) is 37.3 Å². The molecule has 3 heterocycles. The van der Waals surface area contributed by atoms with Crippen LogP contribution in [0.15, 0.2) is 48.5 Å². The van der Waals surface area contributed by atoms with Crippen molar-refractivity contribution in [3.05, 3.63) is 59.8 Å². The van der Waals surface area contributed by atoms with Crippen molar-refractivity contribution in [2.75, 3.05) is 31.1 Å². The van der Waals surface area contributed by atoms with Crippen LogP contribution in [0.1, 0.15) is 17.7 Å². The maximum atomic E-state index is 13.2. The Balaban J connectivity index is 1.33. The average Bonchev–Trinajstić information content (AvgIpc) is 3.41. The lowest BCUT2D eigenvalue weighted by Crippen LogP contribution is -2.51. The van der Waals surface area contributed by atoms with Crippen LogP contribution in [0.3, 0.4) is 0 Å². The summed E-state index contributed by atoms with van der Waals surface area (Å²) in [5.74, 6) is -0.110. The summed E-state index contributed by atoms with van der Waals surface area (Å²) in [4.78, 5) is 43.5. The molecule has 0 saturated carbocycles. The largest absolute Gasteiger partial charge is 0.482 e. The fourth-order valence-electron chi connectivity index (χ4n) is 4.48. The van der Waals surface area contributed by atoms with Gasteiger partial charge in [-0.05, 0) is 37.1 Å². The topological polar surface area (TPSA) is 86.0 Å². The van der Waals surface area contributed by atoms with Crippen molar-refractivity contribution in [3.63, 3.8) is 0 Å². The smallest absolute Gasteiger partial charge is 0.265 e. The average molecular weight is 432 g/mol. The molecule has 1 aromatic heterocycles. The number of anilines is 1. The van der Waals surface area contributed by atoms with Crippen LogP contribution in [0.25, 0.3) is 10.9 Å². The molecule has 0 spiro atoms.